The number of nitriles is 1. The molecule has 3 nitrogen and oxygen atoms in total. The molecule has 1 aromatic carbocycles. The Labute approximate surface area is 117 Å². The molecule has 1 aliphatic rings. The third-order valence-electron chi connectivity index (χ3n) is 3.70. The highest BCUT2D eigenvalue weighted by molar-refractivity contribution is 7.71. The number of H-pyrrole nitrogens is 1. The molecule has 1 aromatic heterocycles. The van der Waals surface area contributed by atoms with Crippen LogP contribution in [0.15, 0.2) is 29.8 Å². The number of aryl methyl sites for hydroxylation is 1. The standard InChI is InChI=1S/C15H15N3S/c16-10-12-5-6-13-14(9-12)18(15(19)17-13)8-7-11-3-1-2-4-11/h3,5-6,9H,1-2,4,7-8H2,(H,17,19). The molecule has 0 saturated carbocycles. The van der Waals surface area contributed by atoms with E-state index < -0.39 is 0 Å². The van der Waals surface area contributed by atoms with Crippen LogP contribution in [0.5, 0.6) is 0 Å². The average Bonchev–Trinajstić information content (AvgIpc) is 3.03. The first kappa shape index (κ1) is 12.2. The topological polar surface area (TPSA) is 44.5 Å². The summed E-state index contributed by atoms with van der Waals surface area (Å²) in [6, 6.07) is 7.83. The second-order valence-electron chi connectivity index (χ2n) is 4.93. The number of benzene rings is 1. The van der Waals surface area contributed by atoms with Crippen LogP contribution in [0.3, 0.4) is 0 Å². The van der Waals surface area contributed by atoms with Crippen LogP contribution in [0.4, 0.5) is 0 Å². The Kier molecular flexibility index (Phi) is 3.22. The summed E-state index contributed by atoms with van der Waals surface area (Å²) in [6.45, 7) is 0.888. The molecule has 0 unspecified atom stereocenters. The lowest BCUT2D eigenvalue weighted by atomic mass is 10.1. The third kappa shape index (κ3) is 2.34. The highest BCUT2D eigenvalue weighted by Crippen LogP contribution is 2.23. The molecule has 0 bridgehead atoms. The van der Waals surface area contributed by atoms with Gasteiger partial charge < -0.3 is 9.55 Å². The molecular weight excluding hydrogens is 254 g/mol. The van der Waals surface area contributed by atoms with E-state index in [4.69, 9.17) is 17.5 Å². The normalized spacial score (nSPS) is 14.6. The van der Waals surface area contributed by atoms with Crippen molar-refractivity contribution in [1.82, 2.24) is 9.55 Å². The number of hydrogen-bond acceptors (Lipinski definition) is 2. The van der Waals surface area contributed by atoms with Crippen LogP contribution in [0.2, 0.25) is 0 Å². The molecule has 0 saturated heterocycles. The Morgan fingerprint density at radius 3 is 3.05 bits per heavy atom. The van der Waals surface area contributed by atoms with E-state index in [1.807, 2.05) is 18.2 Å². The second-order valence-corrected chi connectivity index (χ2v) is 5.32. The maximum Gasteiger partial charge on any atom is 0.178 e. The molecule has 3 rings (SSSR count). The molecule has 96 valence electrons. The smallest absolute Gasteiger partial charge is 0.178 e. The zero-order chi connectivity index (χ0) is 13.2. The number of nitrogens with zero attached hydrogens (tertiary/aromatic N) is 2. The first-order valence-corrected chi connectivity index (χ1v) is 6.99. The Hall–Kier alpha value is -1.86. The van der Waals surface area contributed by atoms with Gasteiger partial charge in [-0.15, -0.1) is 0 Å². The average molecular weight is 269 g/mol. The van der Waals surface area contributed by atoms with Crippen molar-refractivity contribution in [2.45, 2.75) is 32.2 Å². The van der Waals surface area contributed by atoms with Gasteiger partial charge >= 0.3 is 0 Å². The predicted molar refractivity (Wildman–Crippen MR) is 78.4 cm³/mol. The number of imidazole rings is 1. The van der Waals surface area contributed by atoms with Crippen LogP contribution < -0.4 is 0 Å². The Morgan fingerprint density at radius 2 is 2.32 bits per heavy atom. The Balaban J connectivity index is 1.95. The molecule has 0 spiro atoms. The van der Waals surface area contributed by atoms with E-state index >= 15 is 0 Å². The van der Waals surface area contributed by atoms with Gasteiger partial charge in [0.2, 0.25) is 0 Å². The largest absolute Gasteiger partial charge is 0.331 e. The summed E-state index contributed by atoms with van der Waals surface area (Å²) in [7, 11) is 0. The molecule has 2 aromatic rings. The van der Waals surface area contributed by atoms with E-state index in [1.165, 1.54) is 24.8 Å². The molecule has 0 atom stereocenters. The number of aromatic amines is 1. The van der Waals surface area contributed by atoms with Crippen molar-refractivity contribution in [2.75, 3.05) is 0 Å². The van der Waals surface area contributed by atoms with E-state index in [1.54, 1.807) is 0 Å². The maximum absolute atomic E-state index is 8.99. The van der Waals surface area contributed by atoms with Crippen molar-refractivity contribution in [3.8, 4) is 6.07 Å². The fraction of sp³-hybridized carbons (Fsp3) is 0.333. The molecular formula is C15H15N3S. The van der Waals surface area contributed by atoms with Gasteiger partial charge in [0.25, 0.3) is 0 Å². The van der Waals surface area contributed by atoms with E-state index in [9.17, 15) is 0 Å². The van der Waals surface area contributed by atoms with E-state index in [0.717, 1.165) is 28.8 Å². The summed E-state index contributed by atoms with van der Waals surface area (Å²) in [4.78, 5) is 3.20. The minimum Gasteiger partial charge on any atom is -0.331 e. The number of nitrogens with one attached hydrogen (secondary N) is 1. The van der Waals surface area contributed by atoms with Crippen LogP contribution in [-0.4, -0.2) is 9.55 Å². The van der Waals surface area contributed by atoms with Crippen molar-refractivity contribution in [3.05, 3.63) is 40.2 Å². The SMILES string of the molecule is N#Cc1ccc2[nH]c(=S)n(CCC3=CCCC3)c2c1. The highest BCUT2D eigenvalue weighted by Gasteiger charge is 2.08. The van der Waals surface area contributed by atoms with Gasteiger partial charge in [-0.3, -0.25) is 0 Å². The number of fused-ring (bicyclic) bond motifs is 1. The molecule has 1 aliphatic carbocycles. The van der Waals surface area contributed by atoms with Crippen molar-refractivity contribution < 1.29 is 0 Å². The van der Waals surface area contributed by atoms with Crippen LogP contribution in [0.1, 0.15) is 31.2 Å². The van der Waals surface area contributed by atoms with E-state index in [-0.39, 0.29) is 0 Å². The first-order valence-electron chi connectivity index (χ1n) is 6.58. The minimum atomic E-state index is 0.676. The zero-order valence-corrected chi connectivity index (χ0v) is 11.5. The molecule has 19 heavy (non-hydrogen) atoms. The van der Waals surface area contributed by atoms with Crippen molar-refractivity contribution in [3.63, 3.8) is 0 Å². The summed E-state index contributed by atoms with van der Waals surface area (Å²) in [5.41, 5.74) is 4.25. The fourth-order valence-corrected chi connectivity index (χ4v) is 2.96. The van der Waals surface area contributed by atoms with E-state index in [0.29, 0.717) is 5.56 Å². The fourth-order valence-electron chi connectivity index (χ4n) is 2.66. The lowest BCUT2D eigenvalue weighted by Crippen LogP contribution is -1.99. The monoisotopic (exact) mass is 269 g/mol. The highest BCUT2D eigenvalue weighted by atomic mass is 32.1. The Morgan fingerprint density at radius 1 is 1.42 bits per heavy atom. The lowest BCUT2D eigenvalue weighted by Gasteiger charge is -2.05. The van der Waals surface area contributed by atoms with Crippen molar-refractivity contribution >= 4 is 23.3 Å². The van der Waals surface area contributed by atoms with E-state index in [2.05, 4.69) is 21.7 Å². The van der Waals surface area contributed by atoms with Crippen LogP contribution in [-0.2, 0) is 6.54 Å². The summed E-state index contributed by atoms with van der Waals surface area (Å²) >= 11 is 5.38. The molecule has 0 amide bonds. The van der Waals surface area contributed by atoms with Gasteiger partial charge in [-0.1, -0.05) is 11.6 Å². The van der Waals surface area contributed by atoms with Crippen molar-refractivity contribution in [2.24, 2.45) is 0 Å². The summed E-state index contributed by atoms with van der Waals surface area (Å²) in [6.07, 6.45) is 7.12. The number of rotatable bonds is 3. The summed E-state index contributed by atoms with van der Waals surface area (Å²) < 4.78 is 2.84. The third-order valence-corrected chi connectivity index (χ3v) is 4.02. The Bertz CT molecular complexity index is 743. The van der Waals surface area contributed by atoms with Gasteiger partial charge in [0, 0.05) is 6.54 Å². The van der Waals surface area contributed by atoms with Gasteiger partial charge in [-0.2, -0.15) is 5.26 Å². The molecule has 0 fully saturated rings. The molecule has 4 heteroatoms. The van der Waals surface area contributed by atoms with Crippen LogP contribution in [0, 0.1) is 16.1 Å². The number of hydrogen-bond donors (Lipinski definition) is 1. The van der Waals surface area contributed by atoms with Gasteiger partial charge in [0.05, 0.1) is 22.7 Å². The summed E-state index contributed by atoms with van der Waals surface area (Å²) in [5.74, 6) is 0. The molecule has 1 heterocycles. The van der Waals surface area contributed by atoms with Crippen molar-refractivity contribution in [1.29, 1.82) is 5.26 Å². The second kappa shape index (κ2) is 5.02. The minimum absolute atomic E-state index is 0.676. The van der Waals surface area contributed by atoms with Gasteiger partial charge in [-0.25, -0.2) is 0 Å². The van der Waals surface area contributed by atoms with Gasteiger partial charge in [-0.05, 0) is 56.1 Å². The zero-order valence-electron chi connectivity index (χ0n) is 10.6. The summed E-state index contributed by atoms with van der Waals surface area (Å²) in [5, 5.41) is 8.99. The molecule has 0 radical (unpaired) electrons. The quantitative estimate of drug-likeness (QED) is 0.674. The van der Waals surface area contributed by atoms with Gasteiger partial charge in [0.15, 0.2) is 4.77 Å². The van der Waals surface area contributed by atoms with Crippen LogP contribution in [0.25, 0.3) is 11.0 Å². The van der Waals surface area contributed by atoms with Crippen LogP contribution >= 0.6 is 12.2 Å². The maximum atomic E-state index is 8.99. The molecule has 1 N–H and O–H groups in total. The first-order chi connectivity index (χ1) is 9.28. The lowest BCUT2D eigenvalue weighted by molar-refractivity contribution is 0.688. The number of aromatic nitrogens is 2. The number of allylic oxidation sites excluding steroid dienone is 2. The van der Waals surface area contributed by atoms with Gasteiger partial charge in [0.1, 0.15) is 0 Å². The molecule has 0 aliphatic heterocycles. The predicted octanol–water partition coefficient (Wildman–Crippen LogP) is 4.07.